The Morgan fingerprint density at radius 1 is 1.47 bits per heavy atom. The fourth-order valence-electron chi connectivity index (χ4n) is 2.41. The first-order chi connectivity index (χ1) is 9.08. The molecule has 1 unspecified atom stereocenters. The van der Waals surface area contributed by atoms with Crippen molar-refractivity contribution in [2.45, 2.75) is 33.2 Å². The van der Waals surface area contributed by atoms with Gasteiger partial charge in [0.25, 0.3) is 0 Å². The maximum atomic E-state index is 11.9. The van der Waals surface area contributed by atoms with E-state index in [0.29, 0.717) is 18.2 Å². The first-order valence-corrected chi connectivity index (χ1v) is 6.44. The van der Waals surface area contributed by atoms with E-state index in [1.54, 1.807) is 0 Å². The lowest BCUT2D eigenvalue weighted by atomic mass is 10.1. The lowest BCUT2D eigenvalue weighted by Gasteiger charge is -2.36. The van der Waals surface area contributed by atoms with Crippen molar-refractivity contribution in [1.29, 1.82) is 0 Å². The lowest BCUT2D eigenvalue weighted by molar-refractivity contribution is -0.123. The van der Waals surface area contributed by atoms with E-state index >= 15 is 0 Å². The predicted molar refractivity (Wildman–Crippen MR) is 73.8 cm³/mol. The van der Waals surface area contributed by atoms with Crippen LogP contribution < -0.4 is 21.5 Å². The molecule has 1 amide bonds. The molecule has 0 aliphatic carbocycles. The van der Waals surface area contributed by atoms with Crippen LogP contribution in [0.25, 0.3) is 0 Å². The quantitative estimate of drug-likeness (QED) is 0.529. The molecule has 0 saturated carbocycles. The van der Waals surface area contributed by atoms with Crippen molar-refractivity contribution < 1.29 is 4.79 Å². The number of nitrogens with one attached hydrogen (secondary N) is 2. The van der Waals surface area contributed by atoms with E-state index in [1.165, 1.54) is 0 Å². The Balaban J connectivity index is 2.44. The number of carbonyl (C=O) groups is 1. The number of piperazine rings is 1. The summed E-state index contributed by atoms with van der Waals surface area (Å²) in [7, 11) is 0. The SMILES string of the molecule is CCC1C(=O)NCCN1c1nc(C)nc(NN)c1C. The number of aromatic nitrogens is 2. The summed E-state index contributed by atoms with van der Waals surface area (Å²) in [5.41, 5.74) is 3.44. The number of hydrogen-bond donors (Lipinski definition) is 3. The number of hydrogen-bond acceptors (Lipinski definition) is 6. The van der Waals surface area contributed by atoms with Crippen LogP contribution in [0.15, 0.2) is 0 Å². The highest BCUT2D eigenvalue weighted by Gasteiger charge is 2.30. The van der Waals surface area contributed by atoms with Gasteiger partial charge >= 0.3 is 0 Å². The molecule has 7 heteroatoms. The van der Waals surface area contributed by atoms with Gasteiger partial charge in [0.15, 0.2) is 0 Å². The third-order valence-corrected chi connectivity index (χ3v) is 3.36. The van der Waals surface area contributed by atoms with Gasteiger partial charge in [-0.25, -0.2) is 15.8 Å². The molecule has 1 aromatic heterocycles. The van der Waals surface area contributed by atoms with E-state index in [-0.39, 0.29) is 11.9 Å². The summed E-state index contributed by atoms with van der Waals surface area (Å²) in [4.78, 5) is 22.7. The Kier molecular flexibility index (Phi) is 3.84. The van der Waals surface area contributed by atoms with Crippen molar-refractivity contribution in [2.24, 2.45) is 5.84 Å². The Morgan fingerprint density at radius 2 is 2.21 bits per heavy atom. The minimum absolute atomic E-state index is 0.0478. The number of aryl methyl sites for hydroxylation is 1. The zero-order chi connectivity index (χ0) is 14.0. The van der Waals surface area contributed by atoms with Gasteiger partial charge in [0.05, 0.1) is 0 Å². The van der Waals surface area contributed by atoms with Gasteiger partial charge in [-0.2, -0.15) is 0 Å². The van der Waals surface area contributed by atoms with Crippen molar-refractivity contribution in [1.82, 2.24) is 15.3 Å². The highest BCUT2D eigenvalue weighted by Crippen LogP contribution is 2.26. The van der Waals surface area contributed by atoms with E-state index in [1.807, 2.05) is 25.7 Å². The van der Waals surface area contributed by atoms with Gasteiger partial charge in [0.2, 0.25) is 5.91 Å². The van der Waals surface area contributed by atoms with Crippen LogP contribution in [0.1, 0.15) is 24.7 Å². The number of nitrogens with two attached hydrogens (primary N) is 1. The second-order valence-electron chi connectivity index (χ2n) is 4.62. The number of nitrogens with zero attached hydrogens (tertiary/aromatic N) is 3. The topological polar surface area (TPSA) is 96.2 Å². The maximum absolute atomic E-state index is 11.9. The molecule has 104 valence electrons. The van der Waals surface area contributed by atoms with Crippen LogP contribution in [0.4, 0.5) is 11.6 Å². The van der Waals surface area contributed by atoms with Crippen molar-refractivity contribution in [3.05, 3.63) is 11.4 Å². The Labute approximate surface area is 112 Å². The van der Waals surface area contributed by atoms with Crippen molar-refractivity contribution >= 4 is 17.5 Å². The van der Waals surface area contributed by atoms with Crippen LogP contribution in [0, 0.1) is 13.8 Å². The van der Waals surface area contributed by atoms with E-state index in [4.69, 9.17) is 5.84 Å². The molecular formula is C12H20N6O. The molecule has 0 aromatic carbocycles. The summed E-state index contributed by atoms with van der Waals surface area (Å²) in [6.45, 7) is 7.08. The number of carbonyl (C=O) groups excluding carboxylic acids is 1. The van der Waals surface area contributed by atoms with E-state index in [2.05, 4.69) is 20.7 Å². The minimum Gasteiger partial charge on any atom is -0.353 e. The number of hydrazine groups is 1. The highest BCUT2D eigenvalue weighted by atomic mass is 16.2. The zero-order valence-corrected chi connectivity index (χ0v) is 11.5. The Hall–Kier alpha value is -1.89. The maximum Gasteiger partial charge on any atom is 0.242 e. The summed E-state index contributed by atoms with van der Waals surface area (Å²) < 4.78 is 0. The summed E-state index contributed by atoms with van der Waals surface area (Å²) >= 11 is 0. The van der Waals surface area contributed by atoms with Crippen LogP contribution in [0.5, 0.6) is 0 Å². The summed E-state index contributed by atoms with van der Waals surface area (Å²) in [5.74, 6) is 7.54. The molecule has 19 heavy (non-hydrogen) atoms. The minimum atomic E-state index is -0.188. The first-order valence-electron chi connectivity index (χ1n) is 6.44. The first kappa shape index (κ1) is 13.5. The molecule has 2 heterocycles. The monoisotopic (exact) mass is 264 g/mol. The number of amides is 1. The van der Waals surface area contributed by atoms with Crippen LogP contribution in [0.2, 0.25) is 0 Å². The van der Waals surface area contributed by atoms with Crippen LogP contribution in [0.3, 0.4) is 0 Å². The van der Waals surface area contributed by atoms with Crippen LogP contribution in [-0.2, 0) is 4.79 Å². The van der Waals surface area contributed by atoms with Gasteiger partial charge in [-0.05, 0) is 20.3 Å². The Morgan fingerprint density at radius 3 is 2.84 bits per heavy atom. The molecule has 1 fully saturated rings. The number of nitrogen functional groups attached to an aromatic ring is 1. The smallest absolute Gasteiger partial charge is 0.242 e. The molecule has 0 bridgehead atoms. The number of rotatable bonds is 3. The number of anilines is 2. The van der Waals surface area contributed by atoms with Gasteiger partial charge in [-0.15, -0.1) is 0 Å². The van der Waals surface area contributed by atoms with E-state index in [9.17, 15) is 4.79 Å². The molecule has 4 N–H and O–H groups in total. The van der Waals surface area contributed by atoms with Gasteiger partial charge in [-0.1, -0.05) is 6.92 Å². The third-order valence-electron chi connectivity index (χ3n) is 3.36. The standard InChI is InChI=1S/C12H20N6O/c1-4-9-12(19)14-5-6-18(9)11-7(2)10(17-13)15-8(3)16-11/h9H,4-6,13H2,1-3H3,(H,14,19)(H,15,16,17). The molecule has 1 aliphatic rings. The Bertz CT molecular complexity index is 489. The second kappa shape index (κ2) is 5.40. The lowest BCUT2D eigenvalue weighted by Crippen LogP contribution is -2.55. The van der Waals surface area contributed by atoms with Crippen molar-refractivity contribution in [3.8, 4) is 0 Å². The highest BCUT2D eigenvalue weighted by molar-refractivity contribution is 5.86. The van der Waals surface area contributed by atoms with Crippen LogP contribution >= 0.6 is 0 Å². The molecule has 1 saturated heterocycles. The molecular weight excluding hydrogens is 244 g/mol. The second-order valence-corrected chi connectivity index (χ2v) is 4.62. The predicted octanol–water partition coefficient (Wildman–Crippen LogP) is 0.0938. The van der Waals surface area contributed by atoms with Gasteiger partial charge in [0.1, 0.15) is 23.5 Å². The summed E-state index contributed by atoms with van der Waals surface area (Å²) in [5, 5.41) is 2.88. The van der Waals surface area contributed by atoms with Gasteiger partial charge < -0.3 is 15.6 Å². The normalized spacial score (nSPS) is 19.3. The van der Waals surface area contributed by atoms with E-state index in [0.717, 1.165) is 24.3 Å². The van der Waals surface area contributed by atoms with Gasteiger partial charge in [0, 0.05) is 18.7 Å². The molecule has 0 radical (unpaired) electrons. The average Bonchev–Trinajstić information content (AvgIpc) is 2.40. The molecule has 1 aromatic rings. The molecule has 2 rings (SSSR count). The fourth-order valence-corrected chi connectivity index (χ4v) is 2.41. The van der Waals surface area contributed by atoms with Crippen LogP contribution in [-0.4, -0.2) is 35.0 Å². The average molecular weight is 264 g/mol. The van der Waals surface area contributed by atoms with E-state index < -0.39 is 0 Å². The van der Waals surface area contributed by atoms with Gasteiger partial charge in [-0.3, -0.25) is 4.79 Å². The molecule has 1 aliphatic heterocycles. The summed E-state index contributed by atoms with van der Waals surface area (Å²) in [6.07, 6.45) is 0.736. The summed E-state index contributed by atoms with van der Waals surface area (Å²) in [6, 6.07) is -0.188. The molecule has 1 atom stereocenters. The van der Waals surface area contributed by atoms with Crippen molar-refractivity contribution in [2.75, 3.05) is 23.4 Å². The van der Waals surface area contributed by atoms with Crippen molar-refractivity contribution in [3.63, 3.8) is 0 Å². The largest absolute Gasteiger partial charge is 0.353 e. The molecule has 7 nitrogen and oxygen atoms in total. The third kappa shape index (κ3) is 2.46. The zero-order valence-electron chi connectivity index (χ0n) is 11.5. The fraction of sp³-hybridized carbons (Fsp3) is 0.583. The molecule has 0 spiro atoms.